The van der Waals surface area contributed by atoms with Crippen molar-refractivity contribution >= 4 is 17.1 Å². The van der Waals surface area contributed by atoms with Gasteiger partial charge in [-0.1, -0.05) is 40.1 Å². The molecule has 23 heavy (non-hydrogen) atoms. The van der Waals surface area contributed by atoms with Crippen molar-refractivity contribution in [1.82, 2.24) is 14.3 Å². The summed E-state index contributed by atoms with van der Waals surface area (Å²) >= 11 is -2.26. The normalized spacial score (nSPS) is 12.3. The summed E-state index contributed by atoms with van der Waals surface area (Å²) in [7, 11) is 0. The van der Waals surface area contributed by atoms with Crippen LogP contribution in [0.25, 0.3) is 11.4 Å². The van der Waals surface area contributed by atoms with Crippen LogP contribution < -0.4 is 15.7 Å². The molecule has 0 amide bonds. The summed E-state index contributed by atoms with van der Waals surface area (Å²) in [6.07, 6.45) is 0. The first-order valence-electron chi connectivity index (χ1n) is 6.45. The molecule has 2 heterocycles. The lowest BCUT2D eigenvalue weighted by Crippen LogP contribution is -2.23. The predicted molar refractivity (Wildman–Crippen MR) is 80.8 cm³/mol. The second-order valence-electron chi connectivity index (χ2n) is 4.69. The van der Waals surface area contributed by atoms with Gasteiger partial charge in [0, 0.05) is 12.5 Å². The fourth-order valence-electron chi connectivity index (χ4n) is 1.84. The molecule has 0 aliphatic carbocycles. The van der Waals surface area contributed by atoms with Crippen molar-refractivity contribution in [2.45, 2.75) is 13.8 Å². The Labute approximate surface area is 132 Å². The van der Waals surface area contributed by atoms with Crippen LogP contribution >= 0.6 is 0 Å². The largest absolute Gasteiger partial charge is 0.456 e. The number of aryl methyl sites for hydroxylation is 2. The third-order valence-electron chi connectivity index (χ3n) is 3.02. The van der Waals surface area contributed by atoms with Gasteiger partial charge in [-0.05, 0) is 6.92 Å². The third-order valence-corrected chi connectivity index (χ3v) is 3.94. The summed E-state index contributed by atoms with van der Waals surface area (Å²) in [5.74, 6) is -0.701. The van der Waals surface area contributed by atoms with E-state index in [1.807, 2.05) is 19.1 Å². The molecular weight excluding hydrogens is 324 g/mol. The molecule has 0 aliphatic rings. The molecular formula is C13H12N4O5S. The highest BCUT2D eigenvalue weighted by atomic mass is 32.2. The third kappa shape index (κ3) is 2.75. The molecule has 120 valence electrons. The van der Waals surface area contributed by atoms with Crippen LogP contribution in [0.5, 0.6) is 5.75 Å². The quantitative estimate of drug-likeness (QED) is 0.753. The lowest BCUT2D eigenvalue weighted by molar-refractivity contribution is 0.383. The standard InChI is InChI=1S/C13H12N4O5S/c1-7-3-5-9(6-4-7)12-16-21-13(18)17(12)23(19)22-10-8(2)20-15-11(10)14/h3-6H,1-2H3,(H2,14,15). The van der Waals surface area contributed by atoms with Gasteiger partial charge in [-0.25, -0.2) is 4.79 Å². The fourth-order valence-corrected chi connectivity index (χ4v) is 2.69. The van der Waals surface area contributed by atoms with Crippen LogP contribution in [0.1, 0.15) is 11.3 Å². The topological polar surface area (TPSA) is 126 Å². The Kier molecular flexibility index (Phi) is 3.74. The number of rotatable bonds is 4. The van der Waals surface area contributed by atoms with Gasteiger partial charge in [0.1, 0.15) is 0 Å². The minimum atomic E-state index is -2.26. The minimum absolute atomic E-state index is 0.00807. The highest BCUT2D eigenvalue weighted by Gasteiger charge is 2.23. The van der Waals surface area contributed by atoms with E-state index in [4.69, 9.17) is 14.4 Å². The van der Waals surface area contributed by atoms with Crippen molar-refractivity contribution < 1.29 is 17.4 Å². The molecule has 0 aliphatic heterocycles. The van der Waals surface area contributed by atoms with Gasteiger partial charge in [0.15, 0.2) is 5.76 Å². The van der Waals surface area contributed by atoms with Crippen molar-refractivity contribution in [2.24, 2.45) is 0 Å². The number of nitrogens with two attached hydrogens (primary N) is 1. The Morgan fingerprint density at radius 1 is 1.17 bits per heavy atom. The summed E-state index contributed by atoms with van der Waals surface area (Å²) in [6, 6.07) is 7.09. The number of benzene rings is 1. The van der Waals surface area contributed by atoms with E-state index in [0.29, 0.717) is 5.56 Å². The highest BCUT2D eigenvalue weighted by molar-refractivity contribution is 7.79. The second kappa shape index (κ2) is 5.72. The summed E-state index contributed by atoms with van der Waals surface area (Å²) in [4.78, 5) is 11.8. The Morgan fingerprint density at radius 3 is 2.48 bits per heavy atom. The Balaban J connectivity index is 2.00. The lowest BCUT2D eigenvalue weighted by atomic mass is 10.1. The maximum absolute atomic E-state index is 12.4. The number of hydrogen-bond donors (Lipinski definition) is 1. The molecule has 1 unspecified atom stereocenters. The van der Waals surface area contributed by atoms with E-state index < -0.39 is 17.0 Å². The number of nitrogen functional groups attached to an aromatic ring is 1. The van der Waals surface area contributed by atoms with Crippen molar-refractivity contribution in [3.05, 3.63) is 46.1 Å². The highest BCUT2D eigenvalue weighted by Crippen LogP contribution is 2.26. The molecule has 0 fully saturated rings. The van der Waals surface area contributed by atoms with Crippen molar-refractivity contribution in [1.29, 1.82) is 0 Å². The SMILES string of the molecule is Cc1ccc(-c2noc(=O)n2S(=O)Oc2c(N)noc2C)cc1. The average Bonchev–Trinajstić information content (AvgIpc) is 3.05. The van der Waals surface area contributed by atoms with Crippen LogP contribution in [0.4, 0.5) is 5.82 Å². The van der Waals surface area contributed by atoms with Crippen LogP contribution in [0.3, 0.4) is 0 Å². The second-order valence-corrected chi connectivity index (χ2v) is 5.65. The molecule has 0 saturated heterocycles. The van der Waals surface area contributed by atoms with Gasteiger partial charge >= 0.3 is 17.0 Å². The molecule has 3 rings (SSSR count). The van der Waals surface area contributed by atoms with Gasteiger partial charge in [0.05, 0.1) is 0 Å². The van der Waals surface area contributed by atoms with Crippen LogP contribution in [-0.2, 0) is 11.3 Å². The molecule has 3 aromatic rings. The van der Waals surface area contributed by atoms with E-state index in [1.54, 1.807) is 12.1 Å². The smallest absolute Gasteiger partial charge is 0.378 e. The van der Waals surface area contributed by atoms with E-state index in [0.717, 1.165) is 9.54 Å². The Bertz CT molecular complexity index is 905. The molecule has 0 saturated carbocycles. The Hall–Kier alpha value is -2.88. The van der Waals surface area contributed by atoms with E-state index in [2.05, 4.69) is 14.8 Å². The lowest BCUT2D eigenvalue weighted by Gasteiger charge is -2.05. The molecule has 0 bridgehead atoms. The zero-order valence-electron chi connectivity index (χ0n) is 12.2. The summed E-state index contributed by atoms with van der Waals surface area (Å²) < 4.78 is 27.7. The molecule has 10 heteroatoms. The zero-order chi connectivity index (χ0) is 16.6. The zero-order valence-corrected chi connectivity index (χ0v) is 13.0. The van der Waals surface area contributed by atoms with Crippen LogP contribution in [0.2, 0.25) is 0 Å². The summed E-state index contributed by atoms with van der Waals surface area (Å²) in [6.45, 7) is 3.45. The number of aromatic nitrogens is 3. The molecule has 0 spiro atoms. The molecule has 2 N–H and O–H groups in total. The Morgan fingerprint density at radius 2 is 1.87 bits per heavy atom. The number of hydrogen-bond acceptors (Lipinski definition) is 8. The van der Waals surface area contributed by atoms with Crippen LogP contribution in [0, 0.1) is 13.8 Å². The van der Waals surface area contributed by atoms with Gasteiger partial charge in [0.25, 0.3) is 0 Å². The molecule has 1 atom stereocenters. The first-order chi connectivity index (χ1) is 11.0. The first kappa shape index (κ1) is 15.0. The van der Waals surface area contributed by atoms with Crippen molar-refractivity contribution in [2.75, 3.05) is 5.73 Å². The van der Waals surface area contributed by atoms with E-state index in [9.17, 15) is 9.00 Å². The summed E-state index contributed by atoms with van der Waals surface area (Å²) in [5.41, 5.74) is 7.13. The van der Waals surface area contributed by atoms with Gasteiger partial charge < -0.3 is 14.4 Å². The first-order valence-corrected chi connectivity index (χ1v) is 7.48. The molecule has 0 radical (unpaired) electrons. The fraction of sp³-hybridized carbons (Fsp3) is 0.154. The van der Waals surface area contributed by atoms with E-state index >= 15 is 0 Å². The van der Waals surface area contributed by atoms with Crippen molar-refractivity contribution in [3.63, 3.8) is 0 Å². The maximum atomic E-state index is 12.4. The summed E-state index contributed by atoms with van der Waals surface area (Å²) in [5, 5.41) is 7.12. The molecule has 1 aromatic carbocycles. The molecule has 2 aromatic heterocycles. The van der Waals surface area contributed by atoms with E-state index in [1.165, 1.54) is 6.92 Å². The average molecular weight is 336 g/mol. The van der Waals surface area contributed by atoms with Crippen molar-refractivity contribution in [3.8, 4) is 17.1 Å². The van der Waals surface area contributed by atoms with Crippen LogP contribution in [0.15, 0.2) is 38.1 Å². The van der Waals surface area contributed by atoms with Gasteiger partial charge in [-0.15, -0.1) is 3.97 Å². The van der Waals surface area contributed by atoms with E-state index in [-0.39, 0.29) is 23.2 Å². The monoisotopic (exact) mass is 336 g/mol. The predicted octanol–water partition coefficient (Wildman–Crippen LogP) is 1.20. The van der Waals surface area contributed by atoms with Gasteiger partial charge in [0.2, 0.25) is 17.4 Å². The minimum Gasteiger partial charge on any atom is -0.378 e. The molecule has 9 nitrogen and oxygen atoms in total. The van der Waals surface area contributed by atoms with Gasteiger partial charge in [-0.2, -0.15) is 4.21 Å². The maximum Gasteiger partial charge on any atom is 0.456 e. The number of anilines is 1. The van der Waals surface area contributed by atoms with Crippen LogP contribution in [-0.4, -0.2) is 18.5 Å². The van der Waals surface area contributed by atoms with Gasteiger partial charge in [-0.3, -0.25) is 4.52 Å². The number of nitrogens with zero attached hydrogens (tertiary/aromatic N) is 3.